The van der Waals surface area contributed by atoms with Gasteiger partial charge in [-0.3, -0.25) is 15.3 Å². The third-order valence-corrected chi connectivity index (χ3v) is 5.49. The molecule has 11 heteroatoms. The summed E-state index contributed by atoms with van der Waals surface area (Å²) in [7, 11) is 1.64. The lowest BCUT2D eigenvalue weighted by Gasteiger charge is -2.08. The second kappa shape index (κ2) is 10.7. The number of anilines is 1. The van der Waals surface area contributed by atoms with E-state index in [9.17, 15) is 4.79 Å². The molecule has 2 heterocycles. The average Bonchev–Trinajstić information content (AvgIpc) is 3.35. The lowest BCUT2D eigenvalue weighted by atomic mass is 10.1. The van der Waals surface area contributed by atoms with Crippen molar-refractivity contribution in [3.8, 4) is 5.75 Å². The van der Waals surface area contributed by atoms with E-state index in [1.807, 2.05) is 30.5 Å². The number of carbonyl (C=O) groups excluding carboxylic acids is 1. The van der Waals surface area contributed by atoms with Gasteiger partial charge in [-0.15, -0.1) is 16.4 Å². The Morgan fingerprint density at radius 2 is 2.27 bits per heavy atom. The van der Waals surface area contributed by atoms with Crippen molar-refractivity contribution >= 4 is 40.4 Å². The van der Waals surface area contributed by atoms with Gasteiger partial charge in [0.2, 0.25) is 10.3 Å². The fourth-order valence-electron chi connectivity index (χ4n) is 2.48. The van der Waals surface area contributed by atoms with Crippen LogP contribution in [0.1, 0.15) is 29.6 Å². The molecule has 1 aromatic carbocycles. The molecular formula is C19H22N6O3S2. The van der Waals surface area contributed by atoms with Crippen molar-refractivity contribution in [2.24, 2.45) is 5.10 Å². The summed E-state index contributed by atoms with van der Waals surface area (Å²) in [6, 6.07) is 5.83. The Bertz CT molecular complexity index is 1020. The van der Waals surface area contributed by atoms with Crippen molar-refractivity contribution in [1.29, 1.82) is 0 Å². The molecule has 0 atom stereocenters. The van der Waals surface area contributed by atoms with E-state index in [0.29, 0.717) is 28.3 Å². The summed E-state index contributed by atoms with van der Waals surface area (Å²) in [4.78, 5) is 20.1. The molecule has 0 saturated carbocycles. The fourth-order valence-corrected chi connectivity index (χ4v) is 3.96. The van der Waals surface area contributed by atoms with Crippen LogP contribution in [-0.4, -0.2) is 46.1 Å². The highest BCUT2D eigenvalue weighted by Gasteiger charge is 2.09. The number of aryl methyl sites for hydroxylation is 1. The molecule has 0 fully saturated rings. The number of thiazole rings is 1. The normalized spacial score (nSPS) is 11.0. The van der Waals surface area contributed by atoms with Gasteiger partial charge in [0, 0.05) is 16.7 Å². The van der Waals surface area contributed by atoms with Crippen LogP contribution in [0.15, 0.2) is 33.8 Å². The third-order valence-electron chi connectivity index (χ3n) is 3.79. The monoisotopic (exact) mass is 446 g/mol. The number of aromatic nitrogens is 4. The lowest BCUT2D eigenvalue weighted by molar-refractivity contribution is -0.142. The van der Waals surface area contributed by atoms with Crippen molar-refractivity contribution in [2.45, 2.75) is 31.2 Å². The molecule has 3 rings (SSSR count). The van der Waals surface area contributed by atoms with E-state index in [-0.39, 0.29) is 12.4 Å². The highest BCUT2D eigenvalue weighted by molar-refractivity contribution is 7.98. The Balaban J connectivity index is 1.60. The summed E-state index contributed by atoms with van der Waals surface area (Å²) in [6.07, 6.45) is 1.86. The second-order valence-corrected chi connectivity index (χ2v) is 7.86. The van der Waals surface area contributed by atoms with Crippen molar-refractivity contribution < 1.29 is 14.3 Å². The summed E-state index contributed by atoms with van der Waals surface area (Å²) >= 11 is 2.90. The lowest BCUT2D eigenvalue weighted by Crippen LogP contribution is -2.07. The van der Waals surface area contributed by atoms with E-state index < -0.39 is 0 Å². The Morgan fingerprint density at radius 1 is 1.40 bits per heavy atom. The van der Waals surface area contributed by atoms with E-state index in [2.05, 4.69) is 30.7 Å². The van der Waals surface area contributed by atoms with Gasteiger partial charge < -0.3 is 9.47 Å². The summed E-state index contributed by atoms with van der Waals surface area (Å²) in [5, 5.41) is 14.3. The topological polar surface area (TPSA) is 114 Å². The highest BCUT2D eigenvalue weighted by Crippen LogP contribution is 2.27. The van der Waals surface area contributed by atoms with Crippen molar-refractivity contribution in [2.75, 3.05) is 19.1 Å². The molecule has 30 heavy (non-hydrogen) atoms. The smallest absolute Gasteiger partial charge is 0.311 e. The maximum atomic E-state index is 11.5. The average molecular weight is 447 g/mol. The van der Waals surface area contributed by atoms with Crippen LogP contribution in [0.2, 0.25) is 0 Å². The first-order chi connectivity index (χ1) is 14.6. The first kappa shape index (κ1) is 21.8. The van der Waals surface area contributed by atoms with Gasteiger partial charge in [-0.2, -0.15) is 5.10 Å². The third kappa shape index (κ3) is 6.29. The van der Waals surface area contributed by atoms with Crippen LogP contribution in [-0.2, 0) is 21.7 Å². The van der Waals surface area contributed by atoms with E-state index >= 15 is 0 Å². The molecule has 0 aliphatic carbocycles. The van der Waals surface area contributed by atoms with Gasteiger partial charge in [0.05, 0.1) is 32.0 Å². The number of carbonyl (C=O) groups is 1. The van der Waals surface area contributed by atoms with Gasteiger partial charge in [0.15, 0.2) is 0 Å². The number of nitrogens with zero attached hydrogens (tertiary/aromatic N) is 4. The number of H-pyrrole nitrogens is 1. The minimum Gasteiger partial charge on any atom is -0.496 e. The van der Waals surface area contributed by atoms with E-state index in [1.54, 1.807) is 20.2 Å². The van der Waals surface area contributed by atoms with Crippen LogP contribution >= 0.6 is 23.1 Å². The molecule has 0 bridgehead atoms. The number of hydrazone groups is 1. The molecule has 0 unspecified atom stereocenters. The number of aromatic amines is 1. The van der Waals surface area contributed by atoms with Gasteiger partial charge in [-0.1, -0.05) is 11.8 Å². The molecule has 2 N–H and O–H groups in total. The van der Waals surface area contributed by atoms with E-state index in [0.717, 1.165) is 22.7 Å². The van der Waals surface area contributed by atoms with Gasteiger partial charge in [-0.25, -0.2) is 9.97 Å². The van der Waals surface area contributed by atoms with Gasteiger partial charge in [0.1, 0.15) is 11.6 Å². The first-order valence-electron chi connectivity index (χ1n) is 9.15. The number of esters is 1. The van der Waals surface area contributed by atoms with Gasteiger partial charge in [-0.05, 0) is 37.6 Å². The van der Waals surface area contributed by atoms with E-state index in [1.165, 1.54) is 23.1 Å². The highest BCUT2D eigenvalue weighted by atomic mass is 32.2. The Hall–Kier alpha value is -2.92. The second-order valence-electron chi connectivity index (χ2n) is 6.06. The summed E-state index contributed by atoms with van der Waals surface area (Å²) < 4.78 is 10.4. The van der Waals surface area contributed by atoms with Crippen molar-refractivity contribution in [3.05, 3.63) is 46.2 Å². The predicted octanol–water partition coefficient (Wildman–Crippen LogP) is 3.42. The number of hydrogen-bond acceptors (Lipinski definition) is 10. The molecule has 3 aromatic rings. The Labute approximate surface area is 182 Å². The summed E-state index contributed by atoms with van der Waals surface area (Å²) in [6.45, 7) is 4.00. The van der Waals surface area contributed by atoms with Crippen LogP contribution in [0.25, 0.3) is 0 Å². The van der Waals surface area contributed by atoms with Crippen LogP contribution in [0.4, 0.5) is 5.13 Å². The standard InChI is InChI=1S/C19H22N6O3S2/c1-4-28-17(26)8-15-11-30-19(22-15)24-20-9-13-5-6-16(27-3)14(7-13)10-29-18-21-12(2)23-25-18/h5-7,9,11H,4,8,10H2,1-3H3,(H,22,24)(H,21,23,25). The van der Waals surface area contributed by atoms with Crippen molar-refractivity contribution in [1.82, 2.24) is 20.2 Å². The predicted molar refractivity (Wildman–Crippen MR) is 117 cm³/mol. The molecule has 9 nitrogen and oxygen atoms in total. The molecule has 0 amide bonds. The maximum absolute atomic E-state index is 11.5. The van der Waals surface area contributed by atoms with Crippen LogP contribution in [0, 0.1) is 6.92 Å². The van der Waals surface area contributed by atoms with Crippen LogP contribution in [0.5, 0.6) is 5.75 Å². The molecule has 0 aliphatic heterocycles. The number of methoxy groups -OCH3 is 1. The molecular weight excluding hydrogens is 424 g/mol. The quantitative estimate of drug-likeness (QED) is 0.211. The molecule has 158 valence electrons. The number of hydrogen-bond donors (Lipinski definition) is 2. The fraction of sp³-hybridized carbons (Fsp3) is 0.316. The maximum Gasteiger partial charge on any atom is 0.311 e. The molecule has 2 aromatic heterocycles. The molecule has 0 saturated heterocycles. The van der Waals surface area contributed by atoms with Crippen LogP contribution in [0.3, 0.4) is 0 Å². The largest absolute Gasteiger partial charge is 0.496 e. The Morgan fingerprint density at radius 3 is 3.00 bits per heavy atom. The molecule has 0 spiro atoms. The van der Waals surface area contributed by atoms with Gasteiger partial charge in [0.25, 0.3) is 0 Å². The minimum atomic E-state index is -0.290. The van der Waals surface area contributed by atoms with Gasteiger partial charge >= 0.3 is 5.97 Å². The zero-order valence-corrected chi connectivity index (χ0v) is 18.5. The zero-order chi connectivity index (χ0) is 21.3. The zero-order valence-electron chi connectivity index (χ0n) is 16.8. The minimum absolute atomic E-state index is 0.152. The Kier molecular flexibility index (Phi) is 7.80. The number of nitrogens with one attached hydrogen (secondary N) is 2. The summed E-state index contributed by atoms with van der Waals surface area (Å²) in [5.74, 6) is 1.95. The number of thioether (sulfide) groups is 1. The van der Waals surface area contributed by atoms with Crippen molar-refractivity contribution in [3.63, 3.8) is 0 Å². The number of benzene rings is 1. The number of ether oxygens (including phenoxy) is 2. The van der Waals surface area contributed by atoms with Crippen LogP contribution < -0.4 is 10.2 Å². The summed E-state index contributed by atoms with van der Waals surface area (Å²) in [5.41, 5.74) is 5.47. The SMILES string of the molecule is CCOC(=O)Cc1csc(NN=Cc2ccc(OC)c(CSc3n[nH]c(C)n3)c2)n1. The molecule has 0 aliphatic rings. The first-order valence-corrected chi connectivity index (χ1v) is 11.0. The number of rotatable bonds is 10. The van der Waals surface area contributed by atoms with E-state index in [4.69, 9.17) is 9.47 Å². The molecule has 0 radical (unpaired) electrons.